The van der Waals surface area contributed by atoms with Gasteiger partial charge < -0.3 is 10.5 Å². The first kappa shape index (κ1) is 14.5. The highest BCUT2D eigenvalue weighted by molar-refractivity contribution is 5.08. The smallest absolute Gasteiger partial charge is 0.0808 e. The summed E-state index contributed by atoms with van der Waals surface area (Å²) < 4.78 is 6.18. The van der Waals surface area contributed by atoms with Crippen LogP contribution in [0, 0.1) is 5.92 Å². The molecule has 106 valence electrons. The molecule has 1 heterocycles. The van der Waals surface area contributed by atoms with Crippen LogP contribution in [0.2, 0.25) is 0 Å². The van der Waals surface area contributed by atoms with Crippen LogP contribution in [0.1, 0.15) is 51.0 Å². The van der Waals surface area contributed by atoms with Crippen LogP contribution in [0.5, 0.6) is 0 Å². The fourth-order valence-electron chi connectivity index (χ4n) is 3.02. The molecule has 3 heteroatoms. The third-order valence-electron chi connectivity index (χ3n) is 4.38. The van der Waals surface area contributed by atoms with E-state index in [0.717, 1.165) is 18.8 Å². The Morgan fingerprint density at radius 2 is 2.00 bits per heavy atom. The summed E-state index contributed by atoms with van der Waals surface area (Å²) in [7, 11) is 0. The molecule has 2 N–H and O–H groups in total. The molecule has 19 heavy (non-hydrogen) atoms. The molecule has 1 aromatic rings. The van der Waals surface area contributed by atoms with Crippen molar-refractivity contribution in [1.82, 2.24) is 4.98 Å². The Hall–Kier alpha value is -0.930. The lowest BCUT2D eigenvalue weighted by Crippen LogP contribution is -2.43. The topological polar surface area (TPSA) is 48.1 Å². The molecule has 0 aliphatic heterocycles. The van der Waals surface area contributed by atoms with Gasteiger partial charge in [-0.15, -0.1) is 0 Å². The highest BCUT2D eigenvalue weighted by Gasteiger charge is 2.34. The summed E-state index contributed by atoms with van der Waals surface area (Å²) in [6.45, 7) is 3.56. The van der Waals surface area contributed by atoms with E-state index in [0.29, 0.717) is 13.2 Å². The van der Waals surface area contributed by atoms with E-state index < -0.39 is 0 Å². The maximum atomic E-state index is 6.18. The molecule has 1 aliphatic rings. The Labute approximate surface area is 116 Å². The summed E-state index contributed by atoms with van der Waals surface area (Å²) in [6, 6.07) is 4.01. The monoisotopic (exact) mass is 262 g/mol. The SMILES string of the molecule is CCCC1CCC(CN)(OCc2ccncc2)CC1. The molecule has 1 saturated carbocycles. The Morgan fingerprint density at radius 3 is 2.58 bits per heavy atom. The molecular weight excluding hydrogens is 236 g/mol. The van der Waals surface area contributed by atoms with Gasteiger partial charge >= 0.3 is 0 Å². The largest absolute Gasteiger partial charge is 0.369 e. The van der Waals surface area contributed by atoms with Gasteiger partial charge in [-0.1, -0.05) is 19.8 Å². The van der Waals surface area contributed by atoms with E-state index in [4.69, 9.17) is 10.5 Å². The zero-order valence-corrected chi connectivity index (χ0v) is 12.0. The summed E-state index contributed by atoms with van der Waals surface area (Å²) in [5.41, 5.74) is 7.07. The van der Waals surface area contributed by atoms with E-state index in [1.807, 2.05) is 24.5 Å². The molecule has 0 aromatic carbocycles. The Morgan fingerprint density at radius 1 is 1.32 bits per heavy atom. The number of ether oxygens (including phenoxy) is 1. The highest BCUT2D eigenvalue weighted by atomic mass is 16.5. The average molecular weight is 262 g/mol. The van der Waals surface area contributed by atoms with Gasteiger partial charge in [0.1, 0.15) is 0 Å². The number of aromatic nitrogens is 1. The van der Waals surface area contributed by atoms with E-state index >= 15 is 0 Å². The van der Waals surface area contributed by atoms with Crippen LogP contribution in [-0.4, -0.2) is 17.1 Å². The zero-order chi connectivity index (χ0) is 13.6. The van der Waals surface area contributed by atoms with E-state index in [9.17, 15) is 0 Å². The summed E-state index contributed by atoms with van der Waals surface area (Å²) >= 11 is 0. The van der Waals surface area contributed by atoms with Gasteiger partial charge in [-0.25, -0.2) is 0 Å². The molecule has 0 radical (unpaired) electrons. The van der Waals surface area contributed by atoms with E-state index in [2.05, 4.69) is 11.9 Å². The van der Waals surface area contributed by atoms with Gasteiger partial charge in [-0.2, -0.15) is 0 Å². The quantitative estimate of drug-likeness (QED) is 0.855. The normalized spacial score (nSPS) is 27.4. The minimum Gasteiger partial charge on any atom is -0.369 e. The van der Waals surface area contributed by atoms with Crippen LogP contribution >= 0.6 is 0 Å². The summed E-state index contributed by atoms with van der Waals surface area (Å²) in [4.78, 5) is 4.03. The van der Waals surface area contributed by atoms with Crippen molar-refractivity contribution in [3.05, 3.63) is 30.1 Å². The standard InChI is InChI=1S/C16H26N2O/c1-2-3-14-4-8-16(13-17,9-5-14)19-12-15-6-10-18-11-7-15/h6-7,10-11,14H,2-5,8-9,12-13,17H2,1H3. The van der Waals surface area contributed by atoms with Gasteiger partial charge in [0.2, 0.25) is 0 Å². The number of rotatable bonds is 6. The number of nitrogens with two attached hydrogens (primary N) is 1. The second kappa shape index (κ2) is 7.01. The van der Waals surface area contributed by atoms with Gasteiger partial charge in [0.05, 0.1) is 12.2 Å². The molecule has 0 atom stereocenters. The third-order valence-corrected chi connectivity index (χ3v) is 4.38. The summed E-state index contributed by atoms with van der Waals surface area (Å²) in [6.07, 6.45) is 11.0. The fourth-order valence-corrected chi connectivity index (χ4v) is 3.02. The molecule has 1 aliphatic carbocycles. The fraction of sp³-hybridized carbons (Fsp3) is 0.688. The van der Waals surface area contributed by atoms with Crippen LogP contribution in [0.4, 0.5) is 0 Å². The molecule has 1 aromatic heterocycles. The maximum absolute atomic E-state index is 6.18. The van der Waals surface area contributed by atoms with Crippen molar-refractivity contribution < 1.29 is 4.74 Å². The van der Waals surface area contributed by atoms with Crippen molar-refractivity contribution in [2.75, 3.05) is 6.54 Å². The van der Waals surface area contributed by atoms with Gasteiger partial charge in [-0.05, 0) is 49.3 Å². The first-order valence-corrected chi connectivity index (χ1v) is 7.51. The number of hydrogen-bond acceptors (Lipinski definition) is 3. The van der Waals surface area contributed by atoms with Crippen LogP contribution in [0.25, 0.3) is 0 Å². The molecule has 0 amide bonds. The van der Waals surface area contributed by atoms with Crippen molar-refractivity contribution in [1.29, 1.82) is 0 Å². The Kier molecular flexibility index (Phi) is 5.34. The van der Waals surface area contributed by atoms with Gasteiger partial charge in [0.15, 0.2) is 0 Å². The third kappa shape index (κ3) is 4.02. The van der Waals surface area contributed by atoms with E-state index in [1.54, 1.807) is 0 Å². The minimum absolute atomic E-state index is 0.0898. The van der Waals surface area contributed by atoms with Gasteiger partial charge in [0, 0.05) is 18.9 Å². The van der Waals surface area contributed by atoms with Gasteiger partial charge in [-0.3, -0.25) is 4.98 Å². The predicted octanol–water partition coefficient (Wildman–Crippen LogP) is 3.29. The van der Waals surface area contributed by atoms with Crippen LogP contribution in [0.3, 0.4) is 0 Å². The molecule has 1 fully saturated rings. The van der Waals surface area contributed by atoms with E-state index in [1.165, 1.54) is 31.2 Å². The lowest BCUT2D eigenvalue weighted by Gasteiger charge is -2.39. The van der Waals surface area contributed by atoms with E-state index in [-0.39, 0.29) is 5.60 Å². The van der Waals surface area contributed by atoms with Crippen molar-refractivity contribution in [3.63, 3.8) is 0 Å². The highest BCUT2D eigenvalue weighted by Crippen LogP contribution is 2.36. The summed E-state index contributed by atoms with van der Waals surface area (Å²) in [5, 5.41) is 0. The van der Waals surface area contributed by atoms with Crippen molar-refractivity contribution in [3.8, 4) is 0 Å². The average Bonchev–Trinajstić information content (AvgIpc) is 2.48. The molecule has 0 unspecified atom stereocenters. The number of pyridine rings is 1. The number of hydrogen-bond donors (Lipinski definition) is 1. The van der Waals surface area contributed by atoms with Crippen molar-refractivity contribution >= 4 is 0 Å². The summed E-state index contributed by atoms with van der Waals surface area (Å²) in [5.74, 6) is 0.884. The molecule has 0 saturated heterocycles. The molecule has 0 bridgehead atoms. The molecule has 3 nitrogen and oxygen atoms in total. The Balaban J connectivity index is 1.86. The van der Waals surface area contributed by atoms with Crippen molar-refractivity contribution in [2.45, 2.75) is 57.7 Å². The minimum atomic E-state index is -0.0898. The van der Waals surface area contributed by atoms with Crippen LogP contribution in [0.15, 0.2) is 24.5 Å². The van der Waals surface area contributed by atoms with Crippen molar-refractivity contribution in [2.24, 2.45) is 11.7 Å². The predicted molar refractivity (Wildman–Crippen MR) is 77.7 cm³/mol. The first-order chi connectivity index (χ1) is 9.28. The van der Waals surface area contributed by atoms with Crippen LogP contribution < -0.4 is 5.73 Å². The van der Waals surface area contributed by atoms with Gasteiger partial charge in [0.25, 0.3) is 0 Å². The molecular formula is C16H26N2O. The second-order valence-corrected chi connectivity index (χ2v) is 5.76. The first-order valence-electron chi connectivity index (χ1n) is 7.51. The maximum Gasteiger partial charge on any atom is 0.0808 e. The molecule has 2 rings (SSSR count). The zero-order valence-electron chi connectivity index (χ0n) is 12.0. The molecule has 0 spiro atoms. The van der Waals surface area contributed by atoms with Crippen LogP contribution in [-0.2, 0) is 11.3 Å². The number of nitrogens with zero attached hydrogens (tertiary/aromatic N) is 1. The second-order valence-electron chi connectivity index (χ2n) is 5.76. The lowest BCUT2D eigenvalue weighted by atomic mass is 9.77. The Bertz CT molecular complexity index is 358. The lowest BCUT2D eigenvalue weighted by molar-refractivity contribution is -0.0816.